The van der Waals surface area contributed by atoms with Crippen molar-refractivity contribution in [3.05, 3.63) is 36.2 Å². The first kappa shape index (κ1) is 19.5. The zero-order chi connectivity index (χ0) is 19.7. The number of carbonyl (C=O) groups excluding carboxylic acids is 1. The maximum atomic E-state index is 12.9. The van der Waals surface area contributed by atoms with Crippen molar-refractivity contribution in [3.8, 4) is 0 Å². The molecule has 150 valence electrons. The number of hydrogen-bond donors (Lipinski definition) is 2. The van der Waals surface area contributed by atoms with E-state index in [9.17, 15) is 13.2 Å². The van der Waals surface area contributed by atoms with Crippen LogP contribution in [0.2, 0.25) is 0 Å². The fraction of sp³-hybridized carbons (Fsp3) is 0.474. The zero-order valence-electron chi connectivity index (χ0n) is 15.7. The Morgan fingerprint density at radius 1 is 1.25 bits per heavy atom. The van der Waals surface area contributed by atoms with E-state index in [1.54, 1.807) is 30.0 Å². The summed E-state index contributed by atoms with van der Waals surface area (Å²) in [7, 11) is -3.63. The van der Waals surface area contributed by atoms with Crippen molar-refractivity contribution < 1.29 is 13.2 Å². The van der Waals surface area contributed by atoms with Gasteiger partial charge in [-0.1, -0.05) is 0 Å². The number of thioether (sulfide) groups is 1. The summed E-state index contributed by atoms with van der Waals surface area (Å²) < 4.78 is 30.6. The number of nitrogens with zero attached hydrogens (tertiary/aromatic N) is 2. The number of aromatic nitrogens is 2. The van der Waals surface area contributed by atoms with Crippen molar-refractivity contribution in [2.24, 2.45) is 0 Å². The predicted molar refractivity (Wildman–Crippen MR) is 109 cm³/mol. The van der Waals surface area contributed by atoms with Crippen molar-refractivity contribution >= 4 is 33.4 Å². The van der Waals surface area contributed by atoms with Gasteiger partial charge in [-0.15, -0.1) is 11.8 Å². The van der Waals surface area contributed by atoms with Crippen LogP contribution >= 0.6 is 11.8 Å². The molecule has 0 bridgehead atoms. The van der Waals surface area contributed by atoms with Crippen molar-refractivity contribution in [2.45, 2.75) is 60.9 Å². The number of anilines is 1. The molecule has 2 N–H and O–H groups in total. The fourth-order valence-corrected chi connectivity index (χ4v) is 6.01. The maximum Gasteiger partial charge on any atom is 0.240 e. The summed E-state index contributed by atoms with van der Waals surface area (Å²) in [6.07, 6.45) is 7.66. The van der Waals surface area contributed by atoms with Gasteiger partial charge in [0.25, 0.3) is 0 Å². The predicted octanol–water partition coefficient (Wildman–Crippen LogP) is 3.09. The van der Waals surface area contributed by atoms with Crippen LogP contribution in [-0.2, 0) is 14.8 Å². The minimum atomic E-state index is -3.63. The van der Waals surface area contributed by atoms with E-state index >= 15 is 0 Å². The van der Waals surface area contributed by atoms with Crippen molar-refractivity contribution in [2.75, 3.05) is 11.1 Å². The number of nitrogens with one attached hydrogen (secondary N) is 2. The lowest BCUT2D eigenvalue weighted by Crippen LogP contribution is -2.38. The van der Waals surface area contributed by atoms with Gasteiger partial charge < -0.3 is 5.32 Å². The van der Waals surface area contributed by atoms with Crippen molar-refractivity contribution in [1.29, 1.82) is 0 Å². The summed E-state index contributed by atoms with van der Waals surface area (Å²) in [4.78, 5) is 12.9. The SMILES string of the molecule is Cc1cnn(C2CCC(NS(=O)(=O)c3ccc4c(c3)NC(=O)CCS4)CC2)c1. The fourth-order valence-electron chi connectivity index (χ4n) is 3.74. The van der Waals surface area contributed by atoms with E-state index in [1.165, 1.54) is 0 Å². The molecule has 1 saturated carbocycles. The Kier molecular flexibility index (Phi) is 5.48. The molecular weight excluding hydrogens is 396 g/mol. The van der Waals surface area contributed by atoms with E-state index in [0.717, 1.165) is 36.1 Å². The molecule has 1 amide bonds. The lowest BCUT2D eigenvalue weighted by Gasteiger charge is -2.29. The largest absolute Gasteiger partial charge is 0.325 e. The molecule has 2 aromatic rings. The first-order valence-electron chi connectivity index (χ1n) is 9.50. The number of fused-ring (bicyclic) bond motifs is 1. The second-order valence-corrected chi connectivity index (χ2v) is 10.3. The summed E-state index contributed by atoms with van der Waals surface area (Å²) in [6, 6.07) is 5.20. The van der Waals surface area contributed by atoms with Crippen LogP contribution in [-0.4, -0.2) is 35.9 Å². The Hall–Kier alpha value is -1.84. The molecule has 1 aromatic heterocycles. The second kappa shape index (κ2) is 7.88. The second-order valence-electron chi connectivity index (χ2n) is 7.43. The van der Waals surface area contributed by atoms with Gasteiger partial charge in [-0.2, -0.15) is 5.10 Å². The Balaban J connectivity index is 1.43. The van der Waals surface area contributed by atoms with Gasteiger partial charge >= 0.3 is 0 Å². The number of amides is 1. The molecule has 0 radical (unpaired) electrons. The molecular formula is C19H24N4O3S2. The van der Waals surface area contributed by atoms with E-state index in [0.29, 0.717) is 23.9 Å². The van der Waals surface area contributed by atoms with Crippen LogP contribution in [0, 0.1) is 6.92 Å². The molecule has 2 heterocycles. The van der Waals surface area contributed by atoms with E-state index in [2.05, 4.69) is 15.1 Å². The van der Waals surface area contributed by atoms with Crippen LogP contribution in [0.25, 0.3) is 0 Å². The van der Waals surface area contributed by atoms with Crippen LogP contribution < -0.4 is 10.0 Å². The van der Waals surface area contributed by atoms with Crippen LogP contribution in [0.3, 0.4) is 0 Å². The van der Waals surface area contributed by atoms with Gasteiger partial charge in [0.05, 0.1) is 22.8 Å². The molecule has 9 heteroatoms. The minimum Gasteiger partial charge on any atom is -0.325 e. The highest BCUT2D eigenvalue weighted by atomic mass is 32.2. The Morgan fingerprint density at radius 3 is 2.75 bits per heavy atom. The lowest BCUT2D eigenvalue weighted by molar-refractivity contribution is -0.115. The van der Waals surface area contributed by atoms with Gasteiger partial charge in [-0.3, -0.25) is 9.48 Å². The Morgan fingerprint density at radius 2 is 2.04 bits per heavy atom. The molecule has 4 rings (SSSR count). The van der Waals surface area contributed by atoms with E-state index in [1.807, 2.05) is 24.0 Å². The zero-order valence-corrected chi connectivity index (χ0v) is 17.4. The molecule has 7 nitrogen and oxygen atoms in total. The highest BCUT2D eigenvalue weighted by molar-refractivity contribution is 7.99. The third-order valence-electron chi connectivity index (χ3n) is 5.25. The molecule has 1 aliphatic carbocycles. The molecule has 0 atom stereocenters. The smallest absolute Gasteiger partial charge is 0.240 e. The Bertz CT molecular complexity index is 979. The number of aryl methyl sites for hydroxylation is 1. The van der Waals surface area contributed by atoms with Gasteiger partial charge in [-0.05, 0) is 56.4 Å². The molecule has 0 spiro atoms. The average molecular weight is 421 g/mol. The van der Waals surface area contributed by atoms with E-state index < -0.39 is 10.0 Å². The number of hydrogen-bond acceptors (Lipinski definition) is 5. The monoisotopic (exact) mass is 420 g/mol. The molecule has 28 heavy (non-hydrogen) atoms. The third-order valence-corrected chi connectivity index (χ3v) is 7.84. The van der Waals surface area contributed by atoms with E-state index in [-0.39, 0.29) is 16.8 Å². The minimum absolute atomic E-state index is 0.0825. The van der Waals surface area contributed by atoms with Crippen LogP contribution in [0.15, 0.2) is 40.4 Å². The summed E-state index contributed by atoms with van der Waals surface area (Å²) in [6.45, 7) is 2.02. The molecule has 2 aliphatic rings. The number of rotatable bonds is 4. The van der Waals surface area contributed by atoms with Gasteiger partial charge in [0.15, 0.2) is 0 Å². The summed E-state index contributed by atoms with van der Waals surface area (Å²) >= 11 is 1.56. The van der Waals surface area contributed by atoms with Crippen LogP contribution in [0.4, 0.5) is 5.69 Å². The number of sulfonamides is 1. The number of benzene rings is 1. The third kappa shape index (κ3) is 4.26. The highest BCUT2D eigenvalue weighted by Gasteiger charge is 2.27. The Labute approximate surface area is 169 Å². The standard InChI is InChI=1S/C19H24N4O3S2/c1-13-11-20-23(12-13)15-4-2-14(3-5-15)22-28(25,26)16-6-7-18-17(10-16)21-19(24)8-9-27-18/h6-7,10-12,14-15,22H,2-5,8-9H2,1H3,(H,21,24). The summed E-state index contributed by atoms with van der Waals surface area (Å²) in [5, 5.41) is 7.19. The molecule has 0 saturated heterocycles. The van der Waals surface area contributed by atoms with E-state index in [4.69, 9.17) is 0 Å². The quantitative estimate of drug-likeness (QED) is 0.793. The summed E-state index contributed by atoms with van der Waals surface area (Å²) in [5.41, 5.74) is 1.71. The summed E-state index contributed by atoms with van der Waals surface area (Å²) in [5.74, 6) is 0.614. The maximum absolute atomic E-state index is 12.9. The lowest BCUT2D eigenvalue weighted by atomic mass is 9.92. The van der Waals surface area contributed by atoms with Crippen molar-refractivity contribution in [1.82, 2.24) is 14.5 Å². The van der Waals surface area contributed by atoms with Gasteiger partial charge in [0.1, 0.15) is 0 Å². The molecule has 1 aromatic carbocycles. The van der Waals surface area contributed by atoms with Crippen LogP contribution in [0.1, 0.15) is 43.7 Å². The molecule has 1 aliphatic heterocycles. The first-order chi connectivity index (χ1) is 13.4. The molecule has 1 fully saturated rings. The van der Waals surface area contributed by atoms with Gasteiger partial charge in [0.2, 0.25) is 15.9 Å². The highest BCUT2D eigenvalue weighted by Crippen LogP contribution is 2.33. The normalized spacial score (nSPS) is 23.0. The van der Waals surface area contributed by atoms with Gasteiger partial charge in [-0.25, -0.2) is 13.1 Å². The molecule has 0 unspecified atom stereocenters. The average Bonchev–Trinajstić information content (AvgIpc) is 3.00. The first-order valence-corrected chi connectivity index (χ1v) is 12.0. The van der Waals surface area contributed by atoms with Crippen LogP contribution in [0.5, 0.6) is 0 Å². The van der Waals surface area contributed by atoms with Gasteiger partial charge in [0, 0.05) is 29.3 Å². The topological polar surface area (TPSA) is 93.1 Å². The van der Waals surface area contributed by atoms with Crippen molar-refractivity contribution in [3.63, 3.8) is 0 Å². The number of carbonyl (C=O) groups is 1.